The molecule has 0 spiro atoms. The van der Waals surface area contributed by atoms with Crippen LogP contribution in [0.4, 0.5) is 98.2 Å². The van der Waals surface area contributed by atoms with E-state index in [-0.39, 0.29) is 55.5 Å². The number of carbonyl (C=O) groups is 8. The third kappa shape index (κ3) is 32.0. The fraction of sp³-hybridized carbons (Fsp3) is 0.194. The number of hydrogen-bond acceptors (Lipinski definition) is 22. The van der Waals surface area contributed by atoms with Gasteiger partial charge < -0.3 is 50.1 Å². The van der Waals surface area contributed by atoms with E-state index in [4.69, 9.17) is 26.6 Å². The second kappa shape index (κ2) is 45.2. The number of anilines is 8. The van der Waals surface area contributed by atoms with Crippen LogP contribution in [-0.2, 0) is 74.0 Å². The summed E-state index contributed by atoms with van der Waals surface area (Å²) in [5.74, 6) is 9.12. The first kappa shape index (κ1) is 92.6. The molecule has 9 rings (SSSR count). The lowest BCUT2D eigenvalue weighted by molar-refractivity contribution is -0.147. The van der Waals surface area contributed by atoms with E-state index in [2.05, 4.69) is 68.2 Å². The summed E-state index contributed by atoms with van der Waals surface area (Å²) in [6.07, 6.45) is -18.6. The number of nitrogens with two attached hydrogens (primary N) is 3. The van der Waals surface area contributed by atoms with E-state index in [1.165, 1.54) is 61.7 Å². The lowest BCUT2D eigenvalue weighted by Gasteiger charge is -2.13. The van der Waals surface area contributed by atoms with Gasteiger partial charge in [0, 0.05) is 22.7 Å². The molecule has 0 aliphatic carbocycles. The third-order valence-corrected chi connectivity index (χ3v) is 13.6. The smallest absolute Gasteiger partial charge is 0.416 e. The van der Waals surface area contributed by atoms with Gasteiger partial charge in [0.25, 0.3) is 11.8 Å². The van der Waals surface area contributed by atoms with Crippen LogP contribution < -0.4 is 55.1 Å². The van der Waals surface area contributed by atoms with Gasteiger partial charge in [-0.3, -0.25) is 61.5 Å². The maximum absolute atomic E-state index is 12.7. The normalized spacial score (nSPS) is 10.6. The Hall–Kier alpha value is -12.7. The molecule has 0 atom stereocenters. The first-order valence-electron chi connectivity index (χ1n) is 31.7. The number of rotatable bonds is 21. The van der Waals surface area contributed by atoms with Crippen LogP contribution in [-0.4, -0.2) is 89.4 Å². The first-order valence-corrected chi connectivity index (χ1v) is 32.1. The van der Waals surface area contributed by atoms with E-state index in [1.54, 1.807) is 112 Å². The quantitative estimate of drug-likeness (QED) is 0.00467. The zero-order valence-corrected chi connectivity index (χ0v) is 59.3. The molecule has 0 radical (unpaired) electrons. The minimum absolute atomic E-state index is 0. The maximum Gasteiger partial charge on any atom is 0.416 e. The van der Waals surface area contributed by atoms with Gasteiger partial charge in [0.1, 0.15) is 19.3 Å². The van der Waals surface area contributed by atoms with Crippen LogP contribution in [0.1, 0.15) is 92.8 Å². The molecule has 0 aliphatic heterocycles. The highest BCUT2D eigenvalue weighted by Crippen LogP contribution is 2.36. The highest BCUT2D eigenvalue weighted by Gasteiger charge is 2.33. The van der Waals surface area contributed by atoms with E-state index in [1.807, 2.05) is 5.43 Å². The monoisotopic (exact) mass is 1590 g/mol. The van der Waals surface area contributed by atoms with Gasteiger partial charge >= 0.3 is 48.6 Å². The van der Waals surface area contributed by atoms with Crippen molar-refractivity contribution in [2.75, 3.05) is 48.2 Å². The van der Waals surface area contributed by atoms with Crippen molar-refractivity contribution in [2.24, 2.45) is 17.5 Å². The topological polar surface area (TPSA) is 406 Å². The number of alkyl halides is 12. The summed E-state index contributed by atoms with van der Waals surface area (Å²) in [4.78, 5) is 90.2. The summed E-state index contributed by atoms with van der Waals surface area (Å²) in [7, 11) is 1.26. The van der Waals surface area contributed by atoms with Crippen LogP contribution in [0, 0.1) is 0 Å². The summed E-state index contributed by atoms with van der Waals surface area (Å²) in [5, 5.41) is 18.7. The van der Waals surface area contributed by atoms with Gasteiger partial charge in [0.15, 0.2) is 0 Å². The molecule has 1 heterocycles. The molecular weight excluding hydrogens is 1520 g/mol. The van der Waals surface area contributed by atoms with Crippen LogP contribution in [0.15, 0.2) is 199 Å². The van der Waals surface area contributed by atoms with E-state index in [0.717, 1.165) is 48.5 Å². The fourth-order valence-electron chi connectivity index (χ4n) is 8.58. The predicted molar refractivity (Wildman–Crippen MR) is 382 cm³/mol. The SMILES string of the molecule is CCOC(=O)CC(=O)Cl.CCOC(=O)CC(=O)NNC(=O)c1ccccc1Nc1ccc(C(F)(F)F)cc1.CCOC(=O)Cc1nnc(-c2ccccc2Nc2ccc(C(F)(F)F)cc2)o1.COC(=O)c1ccccc1Nc1ccc(C(F)(F)F)cc1.NN.NNC(=O)c1ccccc1Nc1ccc(C(F)(F)F)cc1.O. The number of para-hydroxylation sites is 4. The Kier molecular flexibility index (Phi) is 37.7. The van der Waals surface area contributed by atoms with Crippen molar-refractivity contribution in [2.45, 2.75) is 64.7 Å². The van der Waals surface area contributed by atoms with Gasteiger partial charge in [0.2, 0.25) is 22.9 Å². The Morgan fingerprint density at radius 2 is 0.748 bits per heavy atom. The van der Waals surface area contributed by atoms with Crippen molar-refractivity contribution in [3.8, 4) is 11.5 Å². The summed E-state index contributed by atoms with van der Waals surface area (Å²) >= 11 is 4.87. The average Bonchev–Trinajstić information content (AvgIpc) is 1.80. The van der Waals surface area contributed by atoms with Crippen LogP contribution in [0.3, 0.4) is 0 Å². The summed E-state index contributed by atoms with van der Waals surface area (Å²) in [5.41, 5.74) is 8.01. The molecule has 594 valence electrons. The van der Waals surface area contributed by atoms with Gasteiger partial charge in [-0.2, -0.15) is 52.7 Å². The highest BCUT2D eigenvalue weighted by molar-refractivity contribution is 6.64. The zero-order valence-electron chi connectivity index (χ0n) is 58.6. The molecule has 0 saturated carbocycles. The minimum atomic E-state index is -4.45. The second-order valence-electron chi connectivity index (χ2n) is 21.3. The van der Waals surface area contributed by atoms with Gasteiger partial charge in [-0.25, -0.2) is 10.6 Å². The average molecular weight is 1590 g/mol. The van der Waals surface area contributed by atoms with Crippen molar-refractivity contribution in [3.05, 3.63) is 239 Å². The van der Waals surface area contributed by atoms with E-state index >= 15 is 0 Å². The molecule has 0 aliphatic rings. The molecule has 0 fully saturated rings. The van der Waals surface area contributed by atoms with Crippen molar-refractivity contribution < 1.29 is 120 Å². The summed E-state index contributed by atoms with van der Waals surface area (Å²) in [6, 6.07) is 44.3. The number of amides is 3. The number of nitrogens with zero attached hydrogens (tertiary/aromatic N) is 2. The molecule has 8 aromatic carbocycles. The Labute approximate surface area is 628 Å². The van der Waals surface area contributed by atoms with Crippen LogP contribution in [0.2, 0.25) is 0 Å². The molecule has 26 nitrogen and oxygen atoms in total. The van der Waals surface area contributed by atoms with E-state index < -0.39 is 100 Å². The fourth-order valence-corrected chi connectivity index (χ4v) is 8.69. The van der Waals surface area contributed by atoms with Crippen LogP contribution in [0.25, 0.3) is 11.5 Å². The van der Waals surface area contributed by atoms with Crippen LogP contribution >= 0.6 is 11.6 Å². The second-order valence-corrected chi connectivity index (χ2v) is 21.7. The first-order chi connectivity index (χ1) is 52.1. The van der Waals surface area contributed by atoms with Crippen molar-refractivity contribution in [1.82, 2.24) is 26.5 Å². The van der Waals surface area contributed by atoms with Gasteiger partial charge in [0.05, 0.1) is 94.2 Å². The van der Waals surface area contributed by atoms with Crippen LogP contribution in [0.5, 0.6) is 0 Å². The number of hydrogen-bond donors (Lipinski definition) is 10. The lowest BCUT2D eigenvalue weighted by Crippen LogP contribution is -2.42. The predicted octanol–water partition coefficient (Wildman–Crippen LogP) is 13.8. The number of hydrazine groups is 3. The Bertz CT molecular complexity index is 4370. The molecule has 9 aromatic rings. The molecule has 0 bridgehead atoms. The van der Waals surface area contributed by atoms with Gasteiger partial charge in [-0.15, -0.1) is 10.2 Å². The minimum Gasteiger partial charge on any atom is -0.466 e. The van der Waals surface area contributed by atoms with Gasteiger partial charge in [-0.05, 0) is 178 Å². The molecule has 0 saturated heterocycles. The highest BCUT2D eigenvalue weighted by atomic mass is 35.5. The zero-order chi connectivity index (χ0) is 81.8. The van der Waals surface area contributed by atoms with Gasteiger partial charge in [-0.1, -0.05) is 48.5 Å². The molecule has 3 amide bonds. The molecule has 111 heavy (non-hydrogen) atoms. The third-order valence-electron chi connectivity index (χ3n) is 13.5. The maximum atomic E-state index is 12.7. The van der Waals surface area contributed by atoms with E-state index in [9.17, 15) is 91.0 Å². The van der Waals surface area contributed by atoms with E-state index in [0.29, 0.717) is 62.2 Å². The molecule has 1 aromatic heterocycles. The molecular formula is C72H71ClF12N12O14. The number of aromatic nitrogens is 2. The number of nitrogen functional groups attached to an aromatic ring is 1. The largest absolute Gasteiger partial charge is 0.466 e. The number of benzene rings is 8. The van der Waals surface area contributed by atoms with Crippen molar-refractivity contribution in [3.63, 3.8) is 0 Å². The number of ether oxygens (including phenoxy) is 4. The van der Waals surface area contributed by atoms with Crippen molar-refractivity contribution >= 4 is 104 Å². The van der Waals surface area contributed by atoms with Crippen molar-refractivity contribution in [1.29, 1.82) is 0 Å². The Morgan fingerprint density at radius 3 is 1.11 bits per heavy atom. The number of halogens is 13. The molecule has 0 unspecified atom stereocenters. The summed E-state index contributed by atoms with van der Waals surface area (Å²) in [6.45, 7) is 5.61. The Morgan fingerprint density at radius 1 is 0.423 bits per heavy atom. The standard InChI is InChI=1S/C19H18F3N3O4.C19H16F3N3O3.C15H12F3NO2.C14H12F3N3O.C5H7ClO3.H4N2.H2O/c1-2-29-17(27)11-16(26)24-25-18(28)14-5-3-4-6-15(14)23-13-9-7-12(8-10-13)19(20,21)22;1-2-27-17(26)11-16-24-25-18(28-16)14-5-3-4-6-15(14)23-13-9-7-12(8-10-13)19(20,21)22;1-21-14(20)12-4-2-3-5-13(12)19-11-8-6-10(7-9-11)15(16,17)18;15-14(16,17)9-5-7-10(8-6-9)19-12-4-2-1-3-11(12)13(21)20-18;1-2-9-5(8)3-4(6)7;1-2;/h3-10,23H,2,11H2,1H3,(H,24,26)(H,25,28);3-10,23H,2,11H2,1H3;2-9,19H,1H3;1-8,19H,18H2,(H,20,21);2-3H2,1H3;1-2H2;1H2. The number of carbonyl (C=O) groups excluding carboxylic acids is 8. The molecule has 15 N–H and O–H groups in total. The number of nitrogens with one attached hydrogen (secondary N) is 7. The lowest BCUT2D eigenvalue weighted by atomic mass is 10.1. The number of esters is 4. The summed E-state index contributed by atoms with van der Waals surface area (Å²) < 4.78 is 175. The Balaban J connectivity index is 0.000000368. The molecule has 39 heteroatoms. The number of methoxy groups -OCH3 is 1.